The molecule has 0 aliphatic carbocycles. The number of hydrogen-bond acceptors (Lipinski definition) is 7. The van der Waals surface area contributed by atoms with Gasteiger partial charge in [0.05, 0.1) is 18.8 Å². The van der Waals surface area contributed by atoms with Gasteiger partial charge in [0.25, 0.3) is 5.91 Å². The zero-order valence-corrected chi connectivity index (χ0v) is 20.1. The Labute approximate surface area is 201 Å². The maximum atomic E-state index is 11.6. The van der Waals surface area contributed by atoms with Gasteiger partial charge in [-0.1, -0.05) is 30.3 Å². The highest BCUT2D eigenvalue weighted by atomic mass is 16.5. The lowest BCUT2D eigenvalue weighted by atomic mass is 10.0. The van der Waals surface area contributed by atoms with Crippen molar-refractivity contribution in [2.75, 3.05) is 39.4 Å². The Morgan fingerprint density at radius 3 is 2.21 bits per heavy atom. The number of hydroxylamine groups is 1. The monoisotopic (exact) mass is 468 g/mol. The fourth-order valence-corrected chi connectivity index (χ4v) is 5.15. The molecule has 8 nitrogen and oxygen atoms in total. The third-order valence-corrected chi connectivity index (χ3v) is 6.86. The first-order valence-electron chi connectivity index (χ1n) is 12.0. The highest BCUT2D eigenvalue weighted by molar-refractivity contribution is 5.96. The molecule has 0 saturated carbocycles. The second-order valence-electron chi connectivity index (χ2n) is 9.57. The topological polar surface area (TPSA) is 88.5 Å². The minimum absolute atomic E-state index is 0.0636. The van der Waals surface area contributed by atoms with E-state index in [2.05, 4.69) is 52.8 Å². The molecule has 1 amide bonds. The summed E-state index contributed by atoms with van der Waals surface area (Å²) in [6.07, 6.45) is 0. The molecule has 0 aromatic heterocycles. The Bertz CT molecular complexity index is 967. The Hall–Kier alpha value is -2.49. The van der Waals surface area contributed by atoms with E-state index in [0.29, 0.717) is 18.6 Å². The number of aromatic hydroxyl groups is 1. The van der Waals surface area contributed by atoms with E-state index in [1.807, 2.05) is 6.07 Å². The average Bonchev–Trinajstić information content (AvgIpc) is 2.82. The molecule has 2 heterocycles. The number of morpholine rings is 1. The molecular formula is C26H36N4O4. The highest BCUT2D eigenvalue weighted by Crippen LogP contribution is 2.24. The summed E-state index contributed by atoms with van der Waals surface area (Å²) in [6, 6.07) is 14.7. The van der Waals surface area contributed by atoms with Crippen LogP contribution >= 0.6 is 0 Å². The van der Waals surface area contributed by atoms with Crippen LogP contribution in [0.3, 0.4) is 0 Å². The third-order valence-electron chi connectivity index (χ3n) is 6.86. The summed E-state index contributed by atoms with van der Waals surface area (Å²) < 4.78 is 5.47. The molecule has 2 saturated heterocycles. The van der Waals surface area contributed by atoms with Crippen molar-refractivity contribution in [1.82, 2.24) is 20.2 Å². The van der Waals surface area contributed by atoms with Gasteiger partial charge in [-0.3, -0.25) is 24.7 Å². The fourth-order valence-electron chi connectivity index (χ4n) is 5.15. The molecule has 2 aromatic rings. The Balaban J connectivity index is 1.35. The number of piperazine rings is 1. The minimum Gasteiger partial charge on any atom is -0.507 e. The molecule has 2 aliphatic heterocycles. The molecule has 4 rings (SSSR count). The van der Waals surface area contributed by atoms with E-state index in [4.69, 9.17) is 9.94 Å². The van der Waals surface area contributed by atoms with Crippen LogP contribution in [0.2, 0.25) is 0 Å². The summed E-state index contributed by atoms with van der Waals surface area (Å²) in [6.45, 7) is 12.6. The molecule has 0 spiro atoms. The molecule has 184 valence electrons. The average molecular weight is 469 g/mol. The first-order chi connectivity index (χ1) is 16.4. The van der Waals surface area contributed by atoms with Crippen LogP contribution in [0.5, 0.6) is 5.75 Å². The Morgan fingerprint density at radius 1 is 0.941 bits per heavy atom. The molecular weight excluding hydrogens is 432 g/mol. The zero-order valence-electron chi connectivity index (χ0n) is 20.1. The van der Waals surface area contributed by atoms with Gasteiger partial charge < -0.3 is 9.84 Å². The maximum Gasteiger partial charge on any atom is 0.278 e. The van der Waals surface area contributed by atoms with Gasteiger partial charge in [0.2, 0.25) is 0 Å². The minimum atomic E-state index is -0.714. The SMILES string of the molecule is CC1CN(Cc2ccc(C(=O)NO)c(O)c2)CC(C)N1Cc1cccc(CN2CCOCC2)c1. The highest BCUT2D eigenvalue weighted by Gasteiger charge is 2.29. The summed E-state index contributed by atoms with van der Waals surface area (Å²) >= 11 is 0. The molecule has 8 heteroatoms. The predicted octanol–water partition coefficient (Wildman–Crippen LogP) is 2.44. The smallest absolute Gasteiger partial charge is 0.278 e. The lowest BCUT2D eigenvalue weighted by Crippen LogP contribution is -2.55. The molecule has 0 bridgehead atoms. The predicted molar refractivity (Wildman–Crippen MR) is 130 cm³/mol. The molecule has 2 fully saturated rings. The number of amides is 1. The van der Waals surface area contributed by atoms with Crippen LogP contribution in [0.1, 0.15) is 40.9 Å². The van der Waals surface area contributed by atoms with Crippen molar-refractivity contribution < 1.29 is 19.8 Å². The largest absolute Gasteiger partial charge is 0.507 e. The summed E-state index contributed by atoms with van der Waals surface area (Å²) in [7, 11) is 0. The van der Waals surface area contributed by atoms with E-state index >= 15 is 0 Å². The number of nitrogens with one attached hydrogen (secondary N) is 1. The molecule has 2 aromatic carbocycles. The molecule has 2 atom stereocenters. The first kappa shape index (κ1) is 24.6. The van der Waals surface area contributed by atoms with E-state index in [1.165, 1.54) is 11.1 Å². The number of phenolic OH excluding ortho intramolecular Hbond substituents is 1. The van der Waals surface area contributed by atoms with Crippen molar-refractivity contribution in [3.8, 4) is 5.75 Å². The van der Waals surface area contributed by atoms with Crippen molar-refractivity contribution in [2.24, 2.45) is 0 Å². The van der Waals surface area contributed by atoms with Gasteiger partial charge in [0.1, 0.15) is 5.75 Å². The summed E-state index contributed by atoms with van der Waals surface area (Å²) in [5, 5.41) is 18.9. The second kappa shape index (κ2) is 11.3. The molecule has 0 radical (unpaired) electrons. The number of ether oxygens (including phenoxy) is 1. The summed E-state index contributed by atoms with van der Waals surface area (Å²) in [5.74, 6) is -0.838. The van der Waals surface area contributed by atoms with E-state index in [9.17, 15) is 9.90 Å². The van der Waals surface area contributed by atoms with Gasteiger partial charge in [-0.25, -0.2) is 5.48 Å². The number of rotatable bonds is 7. The van der Waals surface area contributed by atoms with Crippen molar-refractivity contribution >= 4 is 5.91 Å². The summed E-state index contributed by atoms with van der Waals surface area (Å²) in [4.78, 5) is 19.0. The summed E-state index contributed by atoms with van der Waals surface area (Å²) in [5.41, 5.74) is 5.27. The lowest BCUT2D eigenvalue weighted by Gasteiger charge is -2.44. The maximum absolute atomic E-state index is 11.6. The number of carbonyl (C=O) groups is 1. The van der Waals surface area contributed by atoms with Crippen molar-refractivity contribution in [3.63, 3.8) is 0 Å². The number of benzene rings is 2. The number of phenols is 1. The van der Waals surface area contributed by atoms with Gasteiger partial charge in [0, 0.05) is 57.9 Å². The first-order valence-corrected chi connectivity index (χ1v) is 12.0. The number of nitrogens with zero attached hydrogens (tertiary/aromatic N) is 3. The lowest BCUT2D eigenvalue weighted by molar-refractivity contribution is 0.0287. The Morgan fingerprint density at radius 2 is 1.56 bits per heavy atom. The standard InChI is InChI=1S/C26H36N4O4/c1-19-14-29(17-23-6-7-24(25(31)13-23)26(32)27-33)15-20(2)30(19)18-22-5-3-4-21(12-22)16-28-8-10-34-11-9-28/h3-7,12-13,19-20,31,33H,8-11,14-18H2,1-2H3,(H,27,32). The van der Waals surface area contributed by atoms with Crippen LogP contribution in [0.25, 0.3) is 0 Å². The van der Waals surface area contributed by atoms with Gasteiger partial charge in [0.15, 0.2) is 0 Å². The van der Waals surface area contributed by atoms with Gasteiger partial charge in [-0.2, -0.15) is 0 Å². The molecule has 34 heavy (non-hydrogen) atoms. The molecule has 2 unspecified atom stereocenters. The normalized spacial score (nSPS) is 22.6. The second-order valence-corrected chi connectivity index (χ2v) is 9.57. The zero-order chi connectivity index (χ0) is 24.1. The molecule has 3 N–H and O–H groups in total. The van der Waals surface area contributed by atoms with Crippen LogP contribution in [0, 0.1) is 0 Å². The van der Waals surface area contributed by atoms with Crippen molar-refractivity contribution in [3.05, 3.63) is 64.7 Å². The number of hydrogen-bond donors (Lipinski definition) is 3. The van der Waals surface area contributed by atoms with E-state index in [1.54, 1.807) is 17.6 Å². The van der Waals surface area contributed by atoms with E-state index in [0.717, 1.165) is 58.0 Å². The molecule has 2 aliphatic rings. The number of carbonyl (C=O) groups excluding carboxylic acids is 1. The van der Waals surface area contributed by atoms with E-state index in [-0.39, 0.29) is 11.3 Å². The van der Waals surface area contributed by atoms with Crippen LogP contribution in [-0.2, 0) is 24.4 Å². The third kappa shape index (κ3) is 6.14. The van der Waals surface area contributed by atoms with Gasteiger partial charge in [-0.05, 0) is 42.7 Å². The van der Waals surface area contributed by atoms with Crippen LogP contribution < -0.4 is 5.48 Å². The van der Waals surface area contributed by atoms with Crippen LogP contribution in [0.15, 0.2) is 42.5 Å². The Kier molecular flexibility index (Phi) is 8.18. The van der Waals surface area contributed by atoms with Gasteiger partial charge in [-0.15, -0.1) is 0 Å². The van der Waals surface area contributed by atoms with E-state index < -0.39 is 5.91 Å². The van der Waals surface area contributed by atoms with Gasteiger partial charge >= 0.3 is 0 Å². The van der Waals surface area contributed by atoms with Crippen LogP contribution in [-0.4, -0.2) is 82.4 Å². The van der Waals surface area contributed by atoms with Crippen molar-refractivity contribution in [1.29, 1.82) is 0 Å². The van der Waals surface area contributed by atoms with Crippen LogP contribution in [0.4, 0.5) is 0 Å². The quantitative estimate of drug-likeness (QED) is 0.425. The fraction of sp³-hybridized carbons (Fsp3) is 0.500. The van der Waals surface area contributed by atoms with Crippen molar-refractivity contribution in [2.45, 2.75) is 45.6 Å².